The Bertz CT molecular complexity index is 353. The van der Waals surface area contributed by atoms with Gasteiger partial charge >= 0.3 is 0 Å². The van der Waals surface area contributed by atoms with Crippen molar-refractivity contribution in [2.45, 2.75) is 12.2 Å². The Morgan fingerprint density at radius 3 is 2.60 bits per heavy atom. The molecule has 0 aromatic heterocycles. The first-order valence-electron chi connectivity index (χ1n) is 4.54. The van der Waals surface area contributed by atoms with Gasteiger partial charge in [0, 0.05) is 12.1 Å². The number of hydrogen-bond donors (Lipinski definition) is 2. The Balaban J connectivity index is 2.47. The van der Waals surface area contributed by atoms with Crippen LogP contribution >= 0.6 is 0 Å². The zero-order valence-corrected chi connectivity index (χ0v) is 9.16. The van der Waals surface area contributed by atoms with E-state index >= 15 is 0 Å². The molecule has 0 saturated heterocycles. The maximum Gasteiger partial charge on any atom is 0.251 e. The minimum Gasteiger partial charge on any atom is -0.351 e. The van der Waals surface area contributed by atoms with Gasteiger partial charge in [0.25, 0.3) is 5.91 Å². The largest absolute Gasteiger partial charge is 0.351 e. The first-order valence-corrected chi connectivity index (χ1v) is 5.71. The third-order valence-electron chi connectivity index (χ3n) is 1.93. The molecule has 15 heavy (non-hydrogen) atoms. The lowest BCUT2D eigenvalue weighted by molar-refractivity contribution is 0.0954. The van der Waals surface area contributed by atoms with E-state index in [2.05, 4.69) is 5.32 Å². The minimum absolute atomic E-state index is 0.191. The maximum absolute atomic E-state index is 11.5. The van der Waals surface area contributed by atoms with E-state index in [0.29, 0.717) is 5.56 Å². The van der Waals surface area contributed by atoms with Crippen molar-refractivity contribution in [3.63, 3.8) is 0 Å². The molecule has 2 atom stereocenters. The molecule has 1 aromatic rings. The summed E-state index contributed by atoms with van der Waals surface area (Å²) in [7, 11) is 0. The van der Waals surface area contributed by atoms with E-state index in [0.717, 1.165) is 0 Å². The van der Waals surface area contributed by atoms with Crippen LogP contribution in [0.5, 0.6) is 0 Å². The summed E-state index contributed by atoms with van der Waals surface area (Å²) in [6.07, 6.45) is 0. The van der Waals surface area contributed by atoms with Crippen molar-refractivity contribution in [1.82, 2.24) is 5.32 Å². The number of carbonyl (C=O) groups is 1. The highest BCUT2D eigenvalue weighted by atomic mass is 32.2. The molecular formula is C10H13NO3S. The topological polar surface area (TPSA) is 66.4 Å². The average molecular weight is 227 g/mol. The average Bonchev–Trinajstić information content (AvgIpc) is 2.26. The monoisotopic (exact) mass is 227 g/mol. The molecule has 0 aliphatic heterocycles. The van der Waals surface area contributed by atoms with Crippen LogP contribution in [-0.2, 0) is 11.1 Å². The first-order chi connectivity index (χ1) is 7.11. The van der Waals surface area contributed by atoms with Crippen LogP contribution in [0.3, 0.4) is 0 Å². The van der Waals surface area contributed by atoms with Crippen LogP contribution in [0.25, 0.3) is 0 Å². The standard InChI is InChI=1S/C10H13NO3S/c1-8(15(13)14)7-11-10(12)9-5-3-2-4-6-9/h2-6,8H,7H2,1H3,(H,11,12)(H,13,14). The van der Waals surface area contributed by atoms with Gasteiger partial charge in [0.15, 0.2) is 11.1 Å². The molecule has 1 aromatic carbocycles. The molecule has 82 valence electrons. The molecule has 5 heteroatoms. The van der Waals surface area contributed by atoms with Crippen LogP contribution in [-0.4, -0.2) is 26.5 Å². The lowest BCUT2D eigenvalue weighted by atomic mass is 10.2. The number of amides is 1. The van der Waals surface area contributed by atoms with Crippen LogP contribution in [0.4, 0.5) is 0 Å². The predicted molar refractivity (Wildman–Crippen MR) is 59.0 cm³/mol. The lowest BCUT2D eigenvalue weighted by Crippen LogP contribution is -2.32. The fourth-order valence-electron chi connectivity index (χ4n) is 0.999. The molecule has 0 aliphatic carbocycles. The van der Waals surface area contributed by atoms with Gasteiger partial charge in [0.2, 0.25) is 0 Å². The third-order valence-corrected chi connectivity index (χ3v) is 2.79. The number of benzene rings is 1. The summed E-state index contributed by atoms with van der Waals surface area (Å²) >= 11 is -1.90. The van der Waals surface area contributed by atoms with E-state index in [1.54, 1.807) is 31.2 Å². The second-order valence-electron chi connectivity index (χ2n) is 3.16. The number of nitrogens with one attached hydrogen (secondary N) is 1. The van der Waals surface area contributed by atoms with Crippen LogP contribution in [0, 0.1) is 0 Å². The molecule has 2 unspecified atom stereocenters. The molecule has 1 amide bonds. The Morgan fingerprint density at radius 1 is 1.47 bits per heavy atom. The van der Waals surface area contributed by atoms with E-state index in [-0.39, 0.29) is 12.5 Å². The second kappa shape index (κ2) is 5.63. The Morgan fingerprint density at radius 2 is 2.07 bits per heavy atom. The van der Waals surface area contributed by atoms with Crippen LogP contribution < -0.4 is 5.32 Å². The summed E-state index contributed by atoms with van der Waals surface area (Å²) in [6, 6.07) is 8.74. The van der Waals surface area contributed by atoms with Crippen molar-refractivity contribution < 1.29 is 13.6 Å². The van der Waals surface area contributed by atoms with Gasteiger partial charge in [-0.05, 0) is 19.1 Å². The molecule has 0 spiro atoms. The SMILES string of the molecule is CC(CNC(=O)c1ccccc1)S(=O)O. The Kier molecular flexibility index (Phi) is 4.45. The summed E-state index contributed by atoms with van der Waals surface area (Å²) in [5.41, 5.74) is 0.549. The third kappa shape index (κ3) is 3.81. The summed E-state index contributed by atoms with van der Waals surface area (Å²) < 4.78 is 19.3. The Labute approximate surface area is 91.0 Å². The molecule has 0 heterocycles. The van der Waals surface area contributed by atoms with Crippen molar-refractivity contribution in [1.29, 1.82) is 0 Å². The predicted octanol–water partition coefficient (Wildman–Crippen LogP) is 1.03. The second-order valence-corrected chi connectivity index (χ2v) is 4.52. The zero-order valence-electron chi connectivity index (χ0n) is 8.34. The van der Waals surface area contributed by atoms with Gasteiger partial charge in [-0.1, -0.05) is 18.2 Å². The Hall–Kier alpha value is -1.20. The molecule has 2 N–H and O–H groups in total. The van der Waals surface area contributed by atoms with Crippen molar-refractivity contribution in [3.05, 3.63) is 35.9 Å². The van der Waals surface area contributed by atoms with Crippen LogP contribution in [0.2, 0.25) is 0 Å². The van der Waals surface area contributed by atoms with Gasteiger partial charge in [0.1, 0.15) is 0 Å². The number of hydrogen-bond acceptors (Lipinski definition) is 2. The van der Waals surface area contributed by atoms with Gasteiger partial charge in [-0.2, -0.15) is 0 Å². The smallest absolute Gasteiger partial charge is 0.251 e. The van der Waals surface area contributed by atoms with Gasteiger partial charge < -0.3 is 9.87 Å². The van der Waals surface area contributed by atoms with Gasteiger partial charge in [-0.3, -0.25) is 4.79 Å². The summed E-state index contributed by atoms with van der Waals surface area (Å²) in [4.78, 5) is 11.5. The highest BCUT2D eigenvalue weighted by Gasteiger charge is 2.10. The van der Waals surface area contributed by atoms with E-state index in [4.69, 9.17) is 4.55 Å². The van der Waals surface area contributed by atoms with Gasteiger partial charge in [-0.15, -0.1) is 0 Å². The summed E-state index contributed by atoms with van der Waals surface area (Å²) in [5, 5.41) is 2.13. The molecule has 0 saturated carbocycles. The molecule has 4 nitrogen and oxygen atoms in total. The first kappa shape index (κ1) is 11.9. The molecule has 0 radical (unpaired) electrons. The van der Waals surface area contributed by atoms with Crippen LogP contribution in [0.1, 0.15) is 17.3 Å². The van der Waals surface area contributed by atoms with Crippen molar-refractivity contribution in [2.75, 3.05) is 6.54 Å². The zero-order chi connectivity index (χ0) is 11.3. The molecule has 1 rings (SSSR count). The van der Waals surface area contributed by atoms with Gasteiger partial charge in [0.05, 0.1) is 5.25 Å². The number of rotatable bonds is 4. The van der Waals surface area contributed by atoms with Crippen molar-refractivity contribution >= 4 is 17.0 Å². The van der Waals surface area contributed by atoms with Crippen molar-refractivity contribution in [3.8, 4) is 0 Å². The quantitative estimate of drug-likeness (QED) is 0.755. The van der Waals surface area contributed by atoms with E-state index in [1.807, 2.05) is 6.07 Å². The summed E-state index contributed by atoms with van der Waals surface area (Å²) in [6.45, 7) is 1.79. The van der Waals surface area contributed by atoms with E-state index in [1.165, 1.54) is 0 Å². The highest BCUT2D eigenvalue weighted by molar-refractivity contribution is 7.79. The van der Waals surface area contributed by atoms with Crippen molar-refractivity contribution in [2.24, 2.45) is 0 Å². The maximum atomic E-state index is 11.5. The van der Waals surface area contributed by atoms with Crippen LogP contribution in [0.15, 0.2) is 30.3 Å². The highest BCUT2D eigenvalue weighted by Crippen LogP contribution is 1.98. The molecular weight excluding hydrogens is 214 g/mol. The molecule has 0 bridgehead atoms. The van der Waals surface area contributed by atoms with Gasteiger partial charge in [-0.25, -0.2) is 4.21 Å². The number of carbonyl (C=O) groups excluding carboxylic acids is 1. The fraction of sp³-hybridized carbons (Fsp3) is 0.300. The molecule has 0 aliphatic rings. The summed E-state index contributed by atoms with van der Waals surface area (Å²) in [5.74, 6) is -0.229. The normalized spacial score (nSPS) is 14.3. The molecule has 0 fully saturated rings. The van der Waals surface area contributed by atoms with E-state index < -0.39 is 16.3 Å². The fourth-order valence-corrected chi connectivity index (χ4v) is 1.23. The van der Waals surface area contributed by atoms with E-state index in [9.17, 15) is 9.00 Å². The lowest BCUT2D eigenvalue weighted by Gasteiger charge is -2.08. The minimum atomic E-state index is -1.90.